The second kappa shape index (κ2) is 12.2. The Kier molecular flexibility index (Phi) is 9.20. The molecule has 2 aromatic carbocycles. The Morgan fingerprint density at radius 2 is 2.08 bits per heavy atom. The van der Waals surface area contributed by atoms with Gasteiger partial charge < -0.3 is 4.74 Å². The highest BCUT2D eigenvalue weighted by Gasteiger charge is 2.44. The van der Waals surface area contributed by atoms with Crippen molar-refractivity contribution in [2.24, 2.45) is 0 Å². The van der Waals surface area contributed by atoms with E-state index in [0.717, 1.165) is 30.0 Å². The fourth-order valence-electron chi connectivity index (χ4n) is 4.37. The van der Waals surface area contributed by atoms with Crippen LogP contribution in [0.5, 0.6) is 0 Å². The number of hydroxylamine groups is 1. The van der Waals surface area contributed by atoms with E-state index in [4.69, 9.17) is 9.57 Å². The first kappa shape index (κ1) is 29.3. The molecule has 3 aromatic rings. The molecule has 1 aromatic heterocycles. The van der Waals surface area contributed by atoms with Gasteiger partial charge >= 0.3 is 0 Å². The summed E-state index contributed by atoms with van der Waals surface area (Å²) < 4.78 is 44.8. The minimum absolute atomic E-state index is 0.0793. The SMILES string of the molecule is C[C@@](CCn1cnc2cc(-c3ccc(CCBr)cc3F)ccc2c1=O)(C(=O)NOC1CCCCO1)S(C)(=O)=O. The highest BCUT2D eigenvalue weighted by molar-refractivity contribution is 9.09. The maximum Gasteiger partial charge on any atom is 0.264 e. The van der Waals surface area contributed by atoms with E-state index >= 15 is 0 Å². The van der Waals surface area contributed by atoms with E-state index in [1.54, 1.807) is 24.3 Å². The number of nitrogens with zero attached hydrogens (tertiary/aromatic N) is 2. The van der Waals surface area contributed by atoms with Crippen LogP contribution in [0.1, 0.15) is 38.2 Å². The number of rotatable bonds is 10. The van der Waals surface area contributed by atoms with E-state index in [2.05, 4.69) is 26.4 Å². The van der Waals surface area contributed by atoms with Crippen molar-refractivity contribution in [2.75, 3.05) is 18.2 Å². The number of fused-ring (bicyclic) bond motifs is 1. The Balaban J connectivity index is 1.53. The third kappa shape index (κ3) is 6.56. The highest BCUT2D eigenvalue weighted by Crippen LogP contribution is 2.27. The number of amides is 1. The van der Waals surface area contributed by atoms with Gasteiger partial charge in [0, 0.05) is 36.7 Å². The summed E-state index contributed by atoms with van der Waals surface area (Å²) in [5, 5.41) is 1.02. The molecular formula is C27H31BrFN3O6S. The van der Waals surface area contributed by atoms with Gasteiger partial charge in [-0.1, -0.05) is 34.1 Å². The number of hydrogen-bond donors (Lipinski definition) is 1. The average Bonchev–Trinajstić information content (AvgIpc) is 2.91. The lowest BCUT2D eigenvalue weighted by molar-refractivity contribution is -0.201. The number of carbonyl (C=O) groups is 1. The molecule has 1 N–H and O–H groups in total. The molecule has 1 aliphatic rings. The van der Waals surface area contributed by atoms with Gasteiger partial charge in [0.15, 0.2) is 20.9 Å². The molecule has 0 saturated carbocycles. The van der Waals surface area contributed by atoms with Crippen molar-refractivity contribution < 1.29 is 27.2 Å². The number of benzene rings is 2. The van der Waals surface area contributed by atoms with Crippen LogP contribution in [0.15, 0.2) is 47.5 Å². The van der Waals surface area contributed by atoms with Gasteiger partial charge in [0.2, 0.25) is 0 Å². The molecule has 39 heavy (non-hydrogen) atoms. The van der Waals surface area contributed by atoms with Gasteiger partial charge in [0.05, 0.1) is 17.2 Å². The van der Waals surface area contributed by atoms with Crippen LogP contribution in [0.25, 0.3) is 22.0 Å². The van der Waals surface area contributed by atoms with Gasteiger partial charge in [0.25, 0.3) is 11.5 Å². The summed E-state index contributed by atoms with van der Waals surface area (Å²) in [6.45, 7) is 1.72. The quantitative estimate of drug-likeness (QED) is 0.269. The van der Waals surface area contributed by atoms with E-state index in [0.29, 0.717) is 41.5 Å². The number of hydrogen-bond acceptors (Lipinski definition) is 7. The first-order chi connectivity index (χ1) is 18.5. The lowest BCUT2D eigenvalue weighted by Crippen LogP contribution is -2.51. The van der Waals surface area contributed by atoms with Crippen LogP contribution in [0.2, 0.25) is 0 Å². The Bertz CT molecular complexity index is 1520. The number of ether oxygens (including phenoxy) is 1. The largest absolute Gasteiger partial charge is 0.350 e. The van der Waals surface area contributed by atoms with Gasteiger partial charge in [0.1, 0.15) is 5.82 Å². The van der Waals surface area contributed by atoms with Crippen molar-refractivity contribution in [1.82, 2.24) is 15.0 Å². The zero-order chi connectivity index (χ0) is 28.2. The van der Waals surface area contributed by atoms with E-state index in [1.807, 2.05) is 6.07 Å². The number of aromatic nitrogens is 2. The summed E-state index contributed by atoms with van der Waals surface area (Å²) in [6, 6.07) is 9.92. The predicted octanol–water partition coefficient (Wildman–Crippen LogP) is 3.91. The molecule has 0 radical (unpaired) electrons. The molecule has 1 amide bonds. The second-order valence-corrected chi connectivity index (χ2v) is 13.1. The van der Waals surface area contributed by atoms with Gasteiger partial charge in [-0.25, -0.2) is 28.1 Å². The zero-order valence-electron chi connectivity index (χ0n) is 21.8. The van der Waals surface area contributed by atoms with Crippen LogP contribution in [0.3, 0.4) is 0 Å². The van der Waals surface area contributed by atoms with Gasteiger partial charge in [-0.15, -0.1) is 0 Å². The fraction of sp³-hybridized carbons (Fsp3) is 0.444. The van der Waals surface area contributed by atoms with Gasteiger partial charge in [-0.3, -0.25) is 14.2 Å². The van der Waals surface area contributed by atoms with Crippen LogP contribution < -0.4 is 11.0 Å². The molecule has 9 nitrogen and oxygen atoms in total. The fourth-order valence-corrected chi connectivity index (χ4v) is 5.67. The van der Waals surface area contributed by atoms with Crippen LogP contribution in [-0.4, -0.2) is 53.1 Å². The molecule has 12 heteroatoms. The molecule has 1 saturated heterocycles. The van der Waals surface area contributed by atoms with Crippen molar-refractivity contribution in [3.05, 3.63) is 64.5 Å². The number of nitrogens with one attached hydrogen (secondary N) is 1. The van der Waals surface area contributed by atoms with Crippen LogP contribution in [-0.2, 0) is 37.2 Å². The lowest BCUT2D eigenvalue weighted by Gasteiger charge is -2.28. The monoisotopic (exact) mass is 623 g/mol. The minimum atomic E-state index is -3.90. The normalized spacial score (nSPS) is 17.6. The molecule has 0 aliphatic carbocycles. The van der Waals surface area contributed by atoms with Crippen molar-refractivity contribution in [1.29, 1.82) is 0 Å². The minimum Gasteiger partial charge on any atom is -0.350 e. The molecule has 4 rings (SSSR count). The molecule has 1 unspecified atom stereocenters. The first-order valence-corrected chi connectivity index (χ1v) is 15.7. The summed E-state index contributed by atoms with van der Waals surface area (Å²) in [4.78, 5) is 35.8. The molecule has 2 heterocycles. The van der Waals surface area contributed by atoms with Crippen LogP contribution in [0.4, 0.5) is 4.39 Å². The van der Waals surface area contributed by atoms with E-state index < -0.39 is 32.3 Å². The van der Waals surface area contributed by atoms with Crippen LogP contribution >= 0.6 is 15.9 Å². The van der Waals surface area contributed by atoms with Crippen molar-refractivity contribution in [3.8, 4) is 11.1 Å². The van der Waals surface area contributed by atoms with Crippen molar-refractivity contribution in [2.45, 2.75) is 56.6 Å². The maximum absolute atomic E-state index is 14.7. The molecule has 1 aliphatic heterocycles. The Hall–Kier alpha value is -2.67. The summed E-state index contributed by atoms with van der Waals surface area (Å²) in [5.74, 6) is -1.20. The van der Waals surface area contributed by atoms with Crippen molar-refractivity contribution in [3.63, 3.8) is 0 Å². The molecule has 0 bridgehead atoms. The Morgan fingerprint density at radius 3 is 2.74 bits per heavy atom. The van der Waals surface area contributed by atoms with E-state index in [9.17, 15) is 22.4 Å². The number of halogens is 2. The predicted molar refractivity (Wildman–Crippen MR) is 150 cm³/mol. The van der Waals surface area contributed by atoms with Gasteiger partial charge in [-0.05, 0) is 61.9 Å². The topological polar surface area (TPSA) is 117 Å². The standard InChI is InChI=1S/C27H31BrFN3O6S/c1-27(39(2,35)36,26(34)31-38-24-5-3-4-14-37-24)11-13-32-17-30-23-16-19(7-9-21(23)25(32)33)20-8-6-18(10-12-28)15-22(20)29/h6-9,15-17,24H,3-5,10-14H2,1-2H3,(H,31,34)/t24?,27-/m1/s1. The number of aryl methyl sites for hydroxylation is 2. The van der Waals surface area contributed by atoms with E-state index in [-0.39, 0.29) is 18.8 Å². The van der Waals surface area contributed by atoms with Crippen molar-refractivity contribution >= 4 is 42.6 Å². The molecular weight excluding hydrogens is 593 g/mol. The van der Waals surface area contributed by atoms with E-state index in [1.165, 1.54) is 23.9 Å². The summed E-state index contributed by atoms with van der Waals surface area (Å²) >= 11 is 3.35. The summed E-state index contributed by atoms with van der Waals surface area (Å²) in [5.41, 5.74) is 4.07. The first-order valence-electron chi connectivity index (χ1n) is 12.6. The average molecular weight is 625 g/mol. The number of sulfone groups is 1. The number of carbonyl (C=O) groups excluding carboxylic acids is 1. The molecule has 210 valence electrons. The maximum atomic E-state index is 14.7. The molecule has 1 fully saturated rings. The van der Waals surface area contributed by atoms with Gasteiger partial charge in [-0.2, -0.15) is 0 Å². The summed E-state index contributed by atoms with van der Waals surface area (Å²) in [7, 11) is -3.90. The zero-order valence-corrected chi connectivity index (χ0v) is 24.2. The smallest absolute Gasteiger partial charge is 0.264 e. The third-order valence-electron chi connectivity index (χ3n) is 7.10. The lowest BCUT2D eigenvalue weighted by atomic mass is 10.0. The van der Waals surface area contributed by atoms with Crippen LogP contribution in [0, 0.1) is 5.82 Å². The Labute approximate surface area is 234 Å². The third-order valence-corrected chi connectivity index (χ3v) is 9.53. The highest BCUT2D eigenvalue weighted by atomic mass is 79.9. The number of alkyl halides is 1. The molecule has 2 atom stereocenters. The molecule has 0 spiro atoms. The Morgan fingerprint density at radius 1 is 1.28 bits per heavy atom. The second-order valence-electron chi connectivity index (χ2n) is 9.83. The summed E-state index contributed by atoms with van der Waals surface area (Å²) in [6.07, 6.45) is 4.51.